The van der Waals surface area contributed by atoms with Crippen LogP contribution in [0.4, 0.5) is 0 Å². The van der Waals surface area contributed by atoms with E-state index in [1.807, 2.05) is 6.92 Å². The number of carboxylic acids is 1. The zero-order valence-corrected chi connectivity index (χ0v) is 12.0. The minimum absolute atomic E-state index is 0.0921. The summed E-state index contributed by atoms with van der Waals surface area (Å²) in [5.41, 5.74) is 0. The fraction of sp³-hybridized carbons (Fsp3) is 0.857. The number of carbonyl (C=O) groups is 2. The standard InChI is InChI=1S/C14H26O5/c1-3-12(14(17)19-18-4-2)10-8-6-5-7-9-11-13(15)16/h12H,3-11H2,1-2H3,(H,15,16). The van der Waals surface area contributed by atoms with Gasteiger partial charge in [-0.05, 0) is 26.2 Å². The zero-order chi connectivity index (χ0) is 14.5. The molecular weight excluding hydrogens is 248 g/mol. The van der Waals surface area contributed by atoms with Gasteiger partial charge in [0.1, 0.15) is 0 Å². The SMILES string of the molecule is CCOOC(=O)C(CC)CCCCCCCC(=O)O. The van der Waals surface area contributed by atoms with Crippen LogP contribution in [-0.2, 0) is 19.4 Å². The molecule has 19 heavy (non-hydrogen) atoms. The van der Waals surface area contributed by atoms with Crippen LogP contribution >= 0.6 is 0 Å². The lowest BCUT2D eigenvalue weighted by atomic mass is 9.98. The number of unbranched alkanes of at least 4 members (excludes halogenated alkanes) is 4. The Morgan fingerprint density at radius 2 is 1.68 bits per heavy atom. The quantitative estimate of drug-likeness (QED) is 0.336. The molecule has 0 aromatic rings. The summed E-state index contributed by atoms with van der Waals surface area (Å²) in [7, 11) is 0. The van der Waals surface area contributed by atoms with E-state index >= 15 is 0 Å². The highest BCUT2D eigenvalue weighted by Gasteiger charge is 2.18. The molecule has 0 aliphatic heterocycles. The zero-order valence-electron chi connectivity index (χ0n) is 12.0. The molecule has 5 heteroatoms. The normalized spacial score (nSPS) is 12.1. The lowest BCUT2D eigenvalue weighted by Gasteiger charge is -2.12. The third-order valence-electron chi connectivity index (χ3n) is 3.03. The summed E-state index contributed by atoms with van der Waals surface area (Å²) >= 11 is 0. The van der Waals surface area contributed by atoms with Crippen molar-refractivity contribution in [3.05, 3.63) is 0 Å². The van der Waals surface area contributed by atoms with Crippen LogP contribution in [-0.4, -0.2) is 23.7 Å². The fourth-order valence-electron chi connectivity index (χ4n) is 1.87. The second kappa shape index (κ2) is 12.0. The topological polar surface area (TPSA) is 72.8 Å². The van der Waals surface area contributed by atoms with E-state index in [0.717, 1.165) is 44.9 Å². The molecule has 0 amide bonds. The molecule has 1 unspecified atom stereocenters. The smallest absolute Gasteiger partial charge is 0.345 e. The number of carbonyl (C=O) groups excluding carboxylic acids is 1. The molecule has 112 valence electrons. The van der Waals surface area contributed by atoms with Crippen LogP contribution in [0.15, 0.2) is 0 Å². The first kappa shape index (κ1) is 17.9. The highest BCUT2D eigenvalue weighted by atomic mass is 17.2. The van der Waals surface area contributed by atoms with Crippen molar-refractivity contribution in [2.45, 2.75) is 65.2 Å². The average Bonchev–Trinajstić information content (AvgIpc) is 2.39. The van der Waals surface area contributed by atoms with Crippen molar-refractivity contribution in [1.82, 2.24) is 0 Å². The van der Waals surface area contributed by atoms with Gasteiger partial charge in [0, 0.05) is 6.42 Å². The molecule has 0 aliphatic rings. The number of hydrogen-bond acceptors (Lipinski definition) is 4. The molecule has 0 rings (SSSR count). The van der Waals surface area contributed by atoms with Crippen LogP contribution in [0.2, 0.25) is 0 Å². The highest BCUT2D eigenvalue weighted by molar-refractivity contribution is 5.71. The lowest BCUT2D eigenvalue weighted by molar-refractivity contribution is -0.273. The first-order chi connectivity index (χ1) is 9.11. The van der Waals surface area contributed by atoms with Crippen molar-refractivity contribution in [3.8, 4) is 0 Å². The molecule has 1 atom stereocenters. The van der Waals surface area contributed by atoms with Crippen LogP contribution in [0.3, 0.4) is 0 Å². The van der Waals surface area contributed by atoms with Crippen molar-refractivity contribution in [1.29, 1.82) is 0 Å². The number of hydrogen-bond donors (Lipinski definition) is 1. The number of carboxylic acid groups (broad SMARTS) is 1. The Bertz CT molecular complexity index is 252. The van der Waals surface area contributed by atoms with E-state index in [1.54, 1.807) is 6.92 Å². The Labute approximate surface area is 115 Å². The molecule has 0 bridgehead atoms. The predicted octanol–water partition coefficient (Wildman–Crippen LogP) is 3.32. The third kappa shape index (κ3) is 10.5. The molecule has 0 saturated heterocycles. The molecule has 0 spiro atoms. The van der Waals surface area contributed by atoms with Gasteiger partial charge in [0.05, 0.1) is 12.5 Å². The molecule has 0 saturated carbocycles. The Morgan fingerprint density at radius 3 is 2.26 bits per heavy atom. The first-order valence-electron chi connectivity index (χ1n) is 7.16. The first-order valence-corrected chi connectivity index (χ1v) is 7.16. The van der Waals surface area contributed by atoms with Gasteiger partial charge in [-0.25, -0.2) is 4.79 Å². The van der Waals surface area contributed by atoms with Crippen LogP contribution < -0.4 is 0 Å². The maximum absolute atomic E-state index is 11.6. The summed E-state index contributed by atoms with van der Waals surface area (Å²) in [4.78, 5) is 31.2. The molecule has 5 nitrogen and oxygen atoms in total. The third-order valence-corrected chi connectivity index (χ3v) is 3.03. The van der Waals surface area contributed by atoms with Gasteiger partial charge >= 0.3 is 11.9 Å². The van der Waals surface area contributed by atoms with Crippen LogP contribution in [0, 0.1) is 5.92 Å². The van der Waals surface area contributed by atoms with Gasteiger partial charge in [-0.15, -0.1) is 0 Å². The predicted molar refractivity (Wildman–Crippen MR) is 71.5 cm³/mol. The Hall–Kier alpha value is -1.10. The molecule has 0 radical (unpaired) electrons. The van der Waals surface area contributed by atoms with E-state index in [-0.39, 0.29) is 18.3 Å². The molecule has 0 heterocycles. The van der Waals surface area contributed by atoms with Crippen LogP contribution in [0.25, 0.3) is 0 Å². The summed E-state index contributed by atoms with van der Waals surface area (Å²) < 4.78 is 0. The van der Waals surface area contributed by atoms with E-state index in [4.69, 9.17) is 5.11 Å². The molecule has 1 N–H and O–H groups in total. The maximum atomic E-state index is 11.6. The van der Waals surface area contributed by atoms with E-state index in [1.165, 1.54) is 0 Å². The van der Waals surface area contributed by atoms with Crippen molar-refractivity contribution in [2.24, 2.45) is 5.92 Å². The fourth-order valence-corrected chi connectivity index (χ4v) is 1.87. The number of rotatable bonds is 12. The summed E-state index contributed by atoms with van der Waals surface area (Å²) in [5, 5.41) is 8.49. The van der Waals surface area contributed by atoms with Gasteiger partial charge in [0.25, 0.3) is 0 Å². The number of aliphatic carboxylic acids is 1. The summed E-state index contributed by atoms with van der Waals surface area (Å²) in [6.07, 6.45) is 6.49. The maximum Gasteiger partial charge on any atom is 0.345 e. The summed E-state index contributed by atoms with van der Waals surface area (Å²) in [5.74, 6) is -1.11. The largest absolute Gasteiger partial charge is 0.481 e. The Morgan fingerprint density at radius 1 is 1.05 bits per heavy atom. The minimum Gasteiger partial charge on any atom is -0.481 e. The Kier molecular flexibility index (Phi) is 11.3. The average molecular weight is 274 g/mol. The van der Waals surface area contributed by atoms with Crippen molar-refractivity contribution in [3.63, 3.8) is 0 Å². The van der Waals surface area contributed by atoms with Crippen molar-refractivity contribution < 1.29 is 24.5 Å². The van der Waals surface area contributed by atoms with Gasteiger partial charge in [-0.3, -0.25) is 9.68 Å². The molecule has 0 aromatic carbocycles. The van der Waals surface area contributed by atoms with E-state index < -0.39 is 5.97 Å². The van der Waals surface area contributed by atoms with Crippen molar-refractivity contribution >= 4 is 11.9 Å². The van der Waals surface area contributed by atoms with E-state index in [2.05, 4.69) is 9.78 Å². The van der Waals surface area contributed by atoms with Crippen LogP contribution in [0.1, 0.15) is 65.2 Å². The summed E-state index contributed by atoms with van der Waals surface area (Å²) in [6.45, 7) is 4.10. The van der Waals surface area contributed by atoms with Crippen molar-refractivity contribution in [2.75, 3.05) is 6.61 Å². The monoisotopic (exact) mass is 274 g/mol. The second-order valence-electron chi connectivity index (χ2n) is 4.61. The summed E-state index contributed by atoms with van der Waals surface area (Å²) in [6, 6.07) is 0. The second-order valence-corrected chi connectivity index (χ2v) is 4.61. The Balaban J connectivity index is 3.55. The van der Waals surface area contributed by atoms with Gasteiger partial charge < -0.3 is 5.11 Å². The molecule has 0 aromatic heterocycles. The van der Waals surface area contributed by atoms with Crippen LogP contribution in [0.5, 0.6) is 0 Å². The van der Waals surface area contributed by atoms with E-state index in [9.17, 15) is 9.59 Å². The molecule has 0 fully saturated rings. The molecule has 0 aliphatic carbocycles. The highest BCUT2D eigenvalue weighted by Crippen LogP contribution is 2.16. The molecular formula is C14H26O5. The van der Waals surface area contributed by atoms with Gasteiger partial charge in [0.15, 0.2) is 0 Å². The minimum atomic E-state index is -0.732. The van der Waals surface area contributed by atoms with Gasteiger partial charge in [0.2, 0.25) is 0 Å². The van der Waals surface area contributed by atoms with Gasteiger partial charge in [-0.1, -0.05) is 32.6 Å². The van der Waals surface area contributed by atoms with Gasteiger partial charge in [-0.2, -0.15) is 4.89 Å². The van der Waals surface area contributed by atoms with E-state index in [0.29, 0.717) is 6.61 Å². The lowest BCUT2D eigenvalue weighted by Crippen LogP contribution is -2.17.